The molecular formula is C20H23FN2O5S. The van der Waals surface area contributed by atoms with E-state index in [1.807, 2.05) is 0 Å². The molecule has 1 heterocycles. The third-order valence-electron chi connectivity index (χ3n) is 4.53. The van der Waals surface area contributed by atoms with E-state index < -0.39 is 10.0 Å². The summed E-state index contributed by atoms with van der Waals surface area (Å²) in [4.78, 5) is 12.6. The summed E-state index contributed by atoms with van der Waals surface area (Å²) in [6.45, 7) is 3.45. The predicted octanol–water partition coefficient (Wildman–Crippen LogP) is 1.96. The van der Waals surface area contributed by atoms with Gasteiger partial charge in [0.25, 0.3) is 5.91 Å². The first-order chi connectivity index (χ1) is 13.9. The van der Waals surface area contributed by atoms with Crippen LogP contribution in [-0.4, -0.2) is 58.1 Å². The van der Waals surface area contributed by atoms with Crippen molar-refractivity contribution in [3.05, 3.63) is 59.4 Å². The molecule has 29 heavy (non-hydrogen) atoms. The van der Waals surface area contributed by atoms with Crippen molar-refractivity contribution >= 4 is 15.9 Å². The monoisotopic (exact) mass is 422 g/mol. The second-order valence-electron chi connectivity index (χ2n) is 6.55. The zero-order valence-corrected chi connectivity index (χ0v) is 16.9. The third-order valence-corrected chi connectivity index (χ3v) is 6.43. The average Bonchev–Trinajstić information content (AvgIpc) is 2.73. The maximum atomic E-state index is 12.9. The Morgan fingerprint density at radius 3 is 2.55 bits per heavy atom. The summed E-state index contributed by atoms with van der Waals surface area (Å²) in [5, 5.41) is 2.71. The van der Waals surface area contributed by atoms with Gasteiger partial charge in [0.1, 0.15) is 18.2 Å². The zero-order valence-electron chi connectivity index (χ0n) is 16.1. The number of hydrogen-bond acceptors (Lipinski definition) is 5. The van der Waals surface area contributed by atoms with Crippen LogP contribution in [0.1, 0.15) is 15.9 Å². The number of carbonyl (C=O) groups excluding carboxylic acids is 1. The first-order valence-electron chi connectivity index (χ1n) is 9.23. The number of benzene rings is 2. The van der Waals surface area contributed by atoms with Crippen LogP contribution in [0, 0.1) is 12.7 Å². The molecule has 156 valence electrons. The van der Waals surface area contributed by atoms with E-state index in [0.29, 0.717) is 43.2 Å². The van der Waals surface area contributed by atoms with Gasteiger partial charge in [-0.2, -0.15) is 4.31 Å². The molecule has 1 aliphatic rings. The molecule has 1 aliphatic heterocycles. The molecule has 1 fully saturated rings. The lowest BCUT2D eigenvalue weighted by Crippen LogP contribution is -2.40. The van der Waals surface area contributed by atoms with E-state index in [4.69, 9.17) is 9.47 Å². The van der Waals surface area contributed by atoms with E-state index in [9.17, 15) is 17.6 Å². The van der Waals surface area contributed by atoms with Gasteiger partial charge in [-0.3, -0.25) is 4.79 Å². The van der Waals surface area contributed by atoms with Crippen LogP contribution in [0.25, 0.3) is 0 Å². The number of aryl methyl sites for hydroxylation is 1. The lowest BCUT2D eigenvalue weighted by Gasteiger charge is -2.26. The van der Waals surface area contributed by atoms with Crippen molar-refractivity contribution in [1.82, 2.24) is 9.62 Å². The Kier molecular flexibility index (Phi) is 6.83. The summed E-state index contributed by atoms with van der Waals surface area (Å²) >= 11 is 0. The normalized spacial score (nSPS) is 15.1. The Morgan fingerprint density at radius 1 is 1.17 bits per heavy atom. The molecule has 0 spiro atoms. The van der Waals surface area contributed by atoms with Crippen molar-refractivity contribution < 1.29 is 27.1 Å². The Hall–Kier alpha value is -2.49. The number of rotatable bonds is 7. The molecule has 0 radical (unpaired) electrons. The fourth-order valence-electron chi connectivity index (χ4n) is 2.90. The van der Waals surface area contributed by atoms with Crippen LogP contribution in [0.5, 0.6) is 5.75 Å². The highest BCUT2D eigenvalue weighted by molar-refractivity contribution is 7.89. The van der Waals surface area contributed by atoms with Gasteiger partial charge < -0.3 is 14.8 Å². The van der Waals surface area contributed by atoms with Crippen LogP contribution in [-0.2, 0) is 14.8 Å². The molecule has 2 aromatic carbocycles. The van der Waals surface area contributed by atoms with Crippen LogP contribution in [0.3, 0.4) is 0 Å². The summed E-state index contributed by atoms with van der Waals surface area (Å²) in [7, 11) is -3.68. The van der Waals surface area contributed by atoms with Crippen molar-refractivity contribution in [2.75, 3.05) is 39.5 Å². The van der Waals surface area contributed by atoms with Gasteiger partial charge in [0, 0.05) is 18.7 Å². The highest BCUT2D eigenvalue weighted by Crippen LogP contribution is 2.20. The van der Waals surface area contributed by atoms with Crippen LogP contribution >= 0.6 is 0 Å². The van der Waals surface area contributed by atoms with Crippen molar-refractivity contribution in [3.8, 4) is 5.75 Å². The van der Waals surface area contributed by atoms with E-state index in [-0.39, 0.29) is 29.8 Å². The molecule has 7 nitrogen and oxygen atoms in total. The number of carbonyl (C=O) groups is 1. The first kappa shape index (κ1) is 21.2. The third kappa shape index (κ3) is 5.31. The lowest BCUT2D eigenvalue weighted by atomic mass is 10.1. The predicted molar refractivity (Wildman–Crippen MR) is 105 cm³/mol. The number of nitrogens with one attached hydrogen (secondary N) is 1. The smallest absolute Gasteiger partial charge is 0.251 e. The minimum atomic E-state index is -3.68. The maximum absolute atomic E-state index is 12.9. The van der Waals surface area contributed by atoms with Crippen LogP contribution < -0.4 is 10.1 Å². The number of sulfonamides is 1. The van der Waals surface area contributed by atoms with Crippen LogP contribution in [0.2, 0.25) is 0 Å². The molecule has 3 rings (SSSR count). The van der Waals surface area contributed by atoms with Gasteiger partial charge in [-0.1, -0.05) is 6.07 Å². The van der Waals surface area contributed by atoms with Crippen molar-refractivity contribution in [3.63, 3.8) is 0 Å². The lowest BCUT2D eigenvalue weighted by molar-refractivity contribution is 0.0730. The van der Waals surface area contributed by atoms with E-state index in [0.717, 1.165) is 0 Å². The zero-order chi connectivity index (χ0) is 20.9. The number of hydrogen-bond donors (Lipinski definition) is 1. The van der Waals surface area contributed by atoms with E-state index in [1.165, 1.54) is 40.7 Å². The molecule has 1 N–H and O–H groups in total. The SMILES string of the molecule is Cc1ccc(S(=O)(=O)N2CCOCC2)cc1C(=O)NCCOc1ccc(F)cc1. The molecule has 0 saturated carbocycles. The minimum Gasteiger partial charge on any atom is -0.492 e. The number of halogens is 1. The van der Waals surface area contributed by atoms with Gasteiger partial charge >= 0.3 is 0 Å². The van der Waals surface area contributed by atoms with Gasteiger partial charge in [0.2, 0.25) is 10.0 Å². The Morgan fingerprint density at radius 2 is 1.86 bits per heavy atom. The van der Waals surface area contributed by atoms with E-state index in [1.54, 1.807) is 13.0 Å². The highest BCUT2D eigenvalue weighted by Gasteiger charge is 2.27. The minimum absolute atomic E-state index is 0.0812. The second-order valence-corrected chi connectivity index (χ2v) is 8.49. The van der Waals surface area contributed by atoms with E-state index in [2.05, 4.69) is 5.32 Å². The van der Waals surface area contributed by atoms with Crippen molar-refractivity contribution in [2.24, 2.45) is 0 Å². The molecule has 0 unspecified atom stereocenters. The second kappa shape index (κ2) is 9.34. The summed E-state index contributed by atoms with van der Waals surface area (Å²) in [5.74, 6) is -0.243. The number of morpholine rings is 1. The summed E-state index contributed by atoms with van der Waals surface area (Å²) in [6, 6.07) is 10.1. The molecule has 1 saturated heterocycles. The molecule has 0 aliphatic carbocycles. The standard InChI is InChI=1S/C20H23FN2O5S/c1-15-2-7-18(29(25,26)23-9-12-27-13-10-23)14-19(15)20(24)22-8-11-28-17-5-3-16(21)4-6-17/h2-7,14H,8-13H2,1H3,(H,22,24). The molecule has 0 aromatic heterocycles. The molecule has 0 bridgehead atoms. The van der Waals surface area contributed by atoms with E-state index >= 15 is 0 Å². The largest absolute Gasteiger partial charge is 0.492 e. The molecule has 2 aromatic rings. The van der Waals surface area contributed by atoms with Gasteiger partial charge in [-0.15, -0.1) is 0 Å². The summed E-state index contributed by atoms with van der Waals surface area (Å²) in [6.07, 6.45) is 0. The molecular weight excluding hydrogens is 399 g/mol. The number of amides is 1. The van der Waals surface area contributed by atoms with Gasteiger partial charge in [-0.05, 0) is 48.9 Å². The van der Waals surface area contributed by atoms with Gasteiger partial charge in [0.05, 0.1) is 24.7 Å². The topological polar surface area (TPSA) is 84.9 Å². The fraction of sp³-hybridized carbons (Fsp3) is 0.350. The summed E-state index contributed by atoms with van der Waals surface area (Å²) in [5.41, 5.74) is 0.962. The van der Waals surface area contributed by atoms with Crippen molar-refractivity contribution in [1.29, 1.82) is 0 Å². The van der Waals surface area contributed by atoms with Crippen LogP contribution in [0.15, 0.2) is 47.4 Å². The number of ether oxygens (including phenoxy) is 2. The Labute approximate surface area is 169 Å². The Bertz CT molecular complexity index is 957. The van der Waals surface area contributed by atoms with Gasteiger partial charge in [0.15, 0.2) is 0 Å². The first-order valence-corrected chi connectivity index (χ1v) is 10.7. The molecule has 9 heteroatoms. The van der Waals surface area contributed by atoms with Crippen molar-refractivity contribution in [2.45, 2.75) is 11.8 Å². The quantitative estimate of drug-likeness (QED) is 0.690. The average molecular weight is 422 g/mol. The molecule has 0 atom stereocenters. The summed E-state index contributed by atoms with van der Waals surface area (Å²) < 4.78 is 50.5. The maximum Gasteiger partial charge on any atom is 0.251 e. The number of nitrogens with zero attached hydrogens (tertiary/aromatic N) is 1. The van der Waals surface area contributed by atoms with Crippen LogP contribution in [0.4, 0.5) is 4.39 Å². The molecule has 1 amide bonds. The highest BCUT2D eigenvalue weighted by atomic mass is 32.2. The Balaban J connectivity index is 1.62. The van der Waals surface area contributed by atoms with Gasteiger partial charge in [-0.25, -0.2) is 12.8 Å². The fourth-order valence-corrected chi connectivity index (χ4v) is 4.34.